The Hall–Kier alpha value is -2.87. The highest BCUT2D eigenvalue weighted by molar-refractivity contribution is 5.86. The van der Waals surface area contributed by atoms with E-state index in [1.54, 1.807) is 0 Å². The Morgan fingerprint density at radius 1 is 1.07 bits per heavy atom. The van der Waals surface area contributed by atoms with Crippen molar-refractivity contribution in [3.8, 4) is 0 Å². The van der Waals surface area contributed by atoms with Crippen LogP contribution in [-0.4, -0.2) is 38.7 Å². The average molecular weight is 411 g/mol. The predicted molar refractivity (Wildman–Crippen MR) is 110 cm³/mol. The number of aromatic nitrogens is 3. The van der Waals surface area contributed by atoms with Gasteiger partial charge in [-0.25, -0.2) is 23.7 Å². The van der Waals surface area contributed by atoms with Gasteiger partial charge in [0.15, 0.2) is 5.82 Å². The molecule has 1 aromatic carbocycles. The van der Waals surface area contributed by atoms with Crippen LogP contribution in [0.3, 0.4) is 0 Å². The van der Waals surface area contributed by atoms with E-state index in [4.69, 9.17) is 4.98 Å². The van der Waals surface area contributed by atoms with E-state index in [-0.39, 0.29) is 18.2 Å². The molecular weight excluding hydrogens is 388 g/mol. The first-order valence-electron chi connectivity index (χ1n) is 10.4. The number of fused-ring (bicyclic) bond motifs is 1. The lowest BCUT2D eigenvalue weighted by molar-refractivity contribution is 0.182. The summed E-state index contributed by atoms with van der Waals surface area (Å²) < 4.78 is 28.2. The van der Waals surface area contributed by atoms with Crippen LogP contribution >= 0.6 is 0 Å². The molecule has 1 aliphatic heterocycles. The third-order valence-corrected chi connectivity index (χ3v) is 6.08. The number of nitrogens with zero attached hydrogens (tertiary/aromatic N) is 4. The number of halogens is 2. The van der Waals surface area contributed by atoms with Crippen LogP contribution < -0.4 is 10.2 Å². The molecule has 8 heteroatoms. The quantitative estimate of drug-likeness (QED) is 0.677. The summed E-state index contributed by atoms with van der Waals surface area (Å²) in [5.41, 5.74) is 1.71. The fourth-order valence-corrected chi connectivity index (χ4v) is 4.61. The van der Waals surface area contributed by atoms with Gasteiger partial charge in [-0.2, -0.15) is 0 Å². The maximum Gasteiger partial charge on any atom is 0.156 e. The van der Waals surface area contributed by atoms with Crippen molar-refractivity contribution in [3.63, 3.8) is 0 Å². The van der Waals surface area contributed by atoms with Gasteiger partial charge < -0.3 is 15.3 Å². The van der Waals surface area contributed by atoms with Crippen LogP contribution in [0.5, 0.6) is 0 Å². The maximum absolute atomic E-state index is 14.4. The van der Waals surface area contributed by atoms with Gasteiger partial charge in [0.25, 0.3) is 0 Å². The summed E-state index contributed by atoms with van der Waals surface area (Å²) >= 11 is 0. The first-order valence-corrected chi connectivity index (χ1v) is 10.4. The van der Waals surface area contributed by atoms with Gasteiger partial charge in [-0.3, -0.25) is 0 Å². The van der Waals surface area contributed by atoms with Crippen LogP contribution in [-0.2, 0) is 0 Å². The van der Waals surface area contributed by atoms with Gasteiger partial charge in [0.05, 0.1) is 17.7 Å². The van der Waals surface area contributed by atoms with Gasteiger partial charge in [-0.15, -0.1) is 0 Å². The molecular formula is C22H23F2N5O. The summed E-state index contributed by atoms with van der Waals surface area (Å²) in [5.74, 6) is 0.481. The Kier molecular flexibility index (Phi) is 4.94. The monoisotopic (exact) mass is 411 g/mol. The molecule has 0 amide bonds. The van der Waals surface area contributed by atoms with Crippen molar-refractivity contribution in [2.24, 2.45) is 0 Å². The molecule has 6 nitrogen and oxygen atoms in total. The molecule has 1 aliphatic carbocycles. The summed E-state index contributed by atoms with van der Waals surface area (Å²) in [4.78, 5) is 15.5. The highest BCUT2D eigenvalue weighted by Gasteiger charge is 2.30. The number of hydrogen-bond acceptors (Lipinski definition) is 6. The lowest BCUT2D eigenvalue weighted by atomic mass is 10.0. The SMILES string of the molecule is OC1CCC(Nc2ncnc3ccc(N4CCC[C@@H]4c4cc(F)ccc4F)nc23)C1. The number of nitrogens with one attached hydrogen (secondary N) is 1. The van der Waals surface area contributed by atoms with Crippen LogP contribution in [0.15, 0.2) is 36.7 Å². The molecule has 3 atom stereocenters. The minimum absolute atomic E-state index is 0.143. The summed E-state index contributed by atoms with van der Waals surface area (Å²) in [6.07, 6.45) is 5.14. The lowest BCUT2D eigenvalue weighted by Crippen LogP contribution is -2.24. The third kappa shape index (κ3) is 3.56. The van der Waals surface area contributed by atoms with Gasteiger partial charge in [0, 0.05) is 18.2 Å². The van der Waals surface area contributed by atoms with E-state index >= 15 is 0 Å². The fraction of sp³-hybridized carbons (Fsp3) is 0.409. The second kappa shape index (κ2) is 7.75. The average Bonchev–Trinajstić information content (AvgIpc) is 3.39. The molecule has 3 aromatic rings. The zero-order chi connectivity index (χ0) is 20.7. The highest BCUT2D eigenvalue weighted by Crippen LogP contribution is 2.37. The van der Waals surface area contributed by atoms with Gasteiger partial charge in [0.2, 0.25) is 0 Å². The first kappa shape index (κ1) is 19.1. The summed E-state index contributed by atoms with van der Waals surface area (Å²) in [5, 5.41) is 13.2. The summed E-state index contributed by atoms with van der Waals surface area (Å²) in [7, 11) is 0. The molecule has 156 valence electrons. The number of anilines is 2. The van der Waals surface area contributed by atoms with Crippen molar-refractivity contribution in [2.45, 2.75) is 50.3 Å². The van der Waals surface area contributed by atoms with Gasteiger partial charge in [0.1, 0.15) is 29.3 Å². The minimum Gasteiger partial charge on any atom is -0.393 e. The predicted octanol–water partition coefficient (Wildman–Crippen LogP) is 3.97. The molecule has 0 bridgehead atoms. The number of benzene rings is 1. The molecule has 30 heavy (non-hydrogen) atoms. The molecule has 0 spiro atoms. The number of aliphatic hydroxyl groups excluding tert-OH is 1. The smallest absolute Gasteiger partial charge is 0.156 e. The topological polar surface area (TPSA) is 74.2 Å². The van der Waals surface area contributed by atoms with Crippen molar-refractivity contribution in [2.75, 3.05) is 16.8 Å². The van der Waals surface area contributed by atoms with Crippen molar-refractivity contribution in [3.05, 3.63) is 53.9 Å². The summed E-state index contributed by atoms with van der Waals surface area (Å²) in [6.45, 7) is 0.713. The zero-order valence-corrected chi connectivity index (χ0v) is 16.4. The van der Waals surface area contributed by atoms with Crippen LogP contribution in [0.2, 0.25) is 0 Å². The van der Waals surface area contributed by atoms with E-state index in [0.29, 0.717) is 41.2 Å². The van der Waals surface area contributed by atoms with Crippen molar-refractivity contribution in [1.29, 1.82) is 0 Å². The highest BCUT2D eigenvalue weighted by atomic mass is 19.1. The van der Waals surface area contributed by atoms with E-state index in [9.17, 15) is 13.9 Å². The van der Waals surface area contributed by atoms with E-state index in [2.05, 4.69) is 15.3 Å². The lowest BCUT2D eigenvalue weighted by Gasteiger charge is -2.27. The molecule has 5 rings (SSSR count). The van der Waals surface area contributed by atoms with Crippen molar-refractivity contribution >= 4 is 22.7 Å². The summed E-state index contributed by atoms with van der Waals surface area (Å²) in [6, 6.07) is 7.23. The van der Waals surface area contributed by atoms with Gasteiger partial charge >= 0.3 is 0 Å². The molecule has 1 saturated heterocycles. The maximum atomic E-state index is 14.4. The number of pyridine rings is 1. The molecule has 2 N–H and O–H groups in total. The molecule has 1 saturated carbocycles. The van der Waals surface area contributed by atoms with Crippen LogP contribution in [0, 0.1) is 11.6 Å². The number of rotatable bonds is 4. The van der Waals surface area contributed by atoms with E-state index in [1.165, 1.54) is 18.5 Å². The fourth-order valence-electron chi connectivity index (χ4n) is 4.61. The van der Waals surface area contributed by atoms with Crippen LogP contribution in [0.1, 0.15) is 43.7 Å². The second-order valence-corrected chi connectivity index (χ2v) is 8.08. The molecule has 2 aliphatic rings. The molecule has 0 radical (unpaired) electrons. The van der Waals surface area contributed by atoms with Crippen molar-refractivity contribution < 1.29 is 13.9 Å². The first-order chi connectivity index (χ1) is 14.6. The standard InChI is InChI=1S/C22H23F2N5O/c23-13-3-6-17(24)16(10-13)19-2-1-9-29(19)20-8-7-18-21(28-20)22(26-12-25-18)27-14-4-5-15(30)11-14/h3,6-8,10,12,14-15,19,30H,1-2,4-5,9,11H2,(H,25,26,27)/t14?,15?,19-/m1/s1. The molecule has 2 unspecified atom stereocenters. The minimum atomic E-state index is -0.441. The molecule has 3 heterocycles. The van der Waals surface area contributed by atoms with E-state index in [0.717, 1.165) is 31.7 Å². The number of hydrogen-bond donors (Lipinski definition) is 2. The van der Waals surface area contributed by atoms with Crippen molar-refractivity contribution in [1.82, 2.24) is 15.0 Å². The van der Waals surface area contributed by atoms with Crippen LogP contribution in [0.25, 0.3) is 11.0 Å². The van der Waals surface area contributed by atoms with E-state index < -0.39 is 11.6 Å². The number of aliphatic hydroxyl groups is 1. The van der Waals surface area contributed by atoms with Crippen LogP contribution in [0.4, 0.5) is 20.4 Å². The Morgan fingerprint density at radius 2 is 1.97 bits per heavy atom. The third-order valence-electron chi connectivity index (χ3n) is 6.08. The normalized spacial score (nSPS) is 24.0. The molecule has 2 aromatic heterocycles. The van der Waals surface area contributed by atoms with Gasteiger partial charge in [-0.05, 0) is 62.4 Å². The largest absolute Gasteiger partial charge is 0.393 e. The Morgan fingerprint density at radius 3 is 2.80 bits per heavy atom. The second-order valence-electron chi connectivity index (χ2n) is 8.08. The zero-order valence-electron chi connectivity index (χ0n) is 16.4. The Labute approximate surface area is 173 Å². The Bertz CT molecular complexity index is 1080. The van der Waals surface area contributed by atoms with Gasteiger partial charge in [-0.1, -0.05) is 0 Å². The van der Waals surface area contributed by atoms with E-state index in [1.807, 2.05) is 17.0 Å². The molecule has 2 fully saturated rings. The Balaban J connectivity index is 1.49.